The van der Waals surface area contributed by atoms with Gasteiger partial charge in [-0.25, -0.2) is 0 Å². The van der Waals surface area contributed by atoms with Crippen molar-refractivity contribution in [1.29, 1.82) is 0 Å². The smallest absolute Gasteiger partial charge is 0.0939 e. The van der Waals surface area contributed by atoms with Gasteiger partial charge in [0.2, 0.25) is 0 Å². The Morgan fingerprint density at radius 1 is 1.62 bits per heavy atom. The van der Waals surface area contributed by atoms with Crippen molar-refractivity contribution < 1.29 is 4.74 Å². The highest BCUT2D eigenvalue weighted by molar-refractivity contribution is 7.99. The minimum absolute atomic E-state index is 0.416. The van der Waals surface area contributed by atoms with E-state index < -0.39 is 0 Å². The maximum Gasteiger partial charge on any atom is 0.0939 e. The Kier molecular flexibility index (Phi) is 5.87. The van der Waals surface area contributed by atoms with Gasteiger partial charge in [0.05, 0.1) is 17.3 Å². The SMILES string of the molecule is COCC(C)NCCSc1cc(C)nn1C. The molecular weight excluding hydrogens is 222 g/mol. The van der Waals surface area contributed by atoms with Gasteiger partial charge in [-0.2, -0.15) is 5.10 Å². The van der Waals surface area contributed by atoms with Crippen LogP contribution in [0.15, 0.2) is 11.1 Å². The van der Waals surface area contributed by atoms with E-state index in [0.29, 0.717) is 6.04 Å². The third kappa shape index (κ3) is 4.55. The Balaban J connectivity index is 2.18. The molecule has 1 heterocycles. The van der Waals surface area contributed by atoms with E-state index in [1.807, 2.05) is 30.4 Å². The molecule has 0 fully saturated rings. The highest BCUT2D eigenvalue weighted by atomic mass is 32.2. The zero-order valence-corrected chi connectivity index (χ0v) is 11.3. The van der Waals surface area contributed by atoms with Gasteiger partial charge in [0.25, 0.3) is 0 Å². The van der Waals surface area contributed by atoms with Crippen LogP contribution in [0.2, 0.25) is 0 Å². The maximum absolute atomic E-state index is 5.06. The number of hydrogen-bond acceptors (Lipinski definition) is 4. The fourth-order valence-corrected chi connectivity index (χ4v) is 2.40. The van der Waals surface area contributed by atoms with Crippen LogP contribution in [-0.2, 0) is 11.8 Å². The molecule has 0 aromatic carbocycles. The van der Waals surface area contributed by atoms with Gasteiger partial charge in [-0.3, -0.25) is 4.68 Å². The molecule has 0 aliphatic rings. The van der Waals surface area contributed by atoms with Crippen molar-refractivity contribution in [3.05, 3.63) is 11.8 Å². The van der Waals surface area contributed by atoms with Crippen LogP contribution >= 0.6 is 11.8 Å². The lowest BCUT2D eigenvalue weighted by Crippen LogP contribution is -2.31. The first-order valence-corrected chi connectivity index (χ1v) is 6.47. The van der Waals surface area contributed by atoms with Crippen LogP contribution in [0.3, 0.4) is 0 Å². The molecule has 0 amide bonds. The number of nitrogens with one attached hydrogen (secondary N) is 1. The molecule has 0 aliphatic heterocycles. The average molecular weight is 243 g/mol. The molecule has 0 saturated heterocycles. The molecule has 0 bridgehead atoms. The normalized spacial score (nSPS) is 13.0. The van der Waals surface area contributed by atoms with Crippen LogP contribution in [0.1, 0.15) is 12.6 Å². The summed E-state index contributed by atoms with van der Waals surface area (Å²) < 4.78 is 6.99. The average Bonchev–Trinajstić information content (AvgIpc) is 2.53. The fraction of sp³-hybridized carbons (Fsp3) is 0.727. The summed E-state index contributed by atoms with van der Waals surface area (Å²) >= 11 is 1.83. The predicted molar refractivity (Wildman–Crippen MR) is 68.0 cm³/mol. The summed E-state index contributed by atoms with van der Waals surface area (Å²) in [6, 6.07) is 2.53. The molecular formula is C11H21N3OS. The molecule has 1 unspecified atom stereocenters. The van der Waals surface area contributed by atoms with E-state index in [1.165, 1.54) is 5.03 Å². The van der Waals surface area contributed by atoms with Crippen LogP contribution in [0.5, 0.6) is 0 Å². The lowest BCUT2D eigenvalue weighted by atomic mass is 10.4. The molecule has 0 saturated carbocycles. The summed E-state index contributed by atoms with van der Waals surface area (Å²) in [6.07, 6.45) is 0. The molecule has 5 heteroatoms. The highest BCUT2D eigenvalue weighted by Crippen LogP contribution is 2.17. The molecule has 16 heavy (non-hydrogen) atoms. The van der Waals surface area contributed by atoms with Gasteiger partial charge in [-0.15, -0.1) is 11.8 Å². The first-order chi connectivity index (χ1) is 7.63. The Morgan fingerprint density at radius 2 is 2.38 bits per heavy atom. The molecule has 1 aromatic heterocycles. The number of aryl methyl sites for hydroxylation is 2. The summed E-state index contributed by atoms with van der Waals surface area (Å²) in [4.78, 5) is 0. The maximum atomic E-state index is 5.06. The fourth-order valence-electron chi connectivity index (χ4n) is 1.49. The number of thioether (sulfide) groups is 1. The van der Waals surface area contributed by atoms with Crippen LogP contribution in [0.4, 0.5) is 0 Å². The van der Waals surface area contributed by atoms with E-state index in [-0.39, 0.29) is 0 Å². The van der Waals surface area contributed by atoms with Gasteiger partial charge in [-0.1, -0.05) is 0 Å². The van der Waals surface area contributed by atoms with E-state index in [1.54, 1.807) is 7.11 Å². The van der Waals surface area contributed by atoms with Gasteiger partial charge >= 0.3 is 0 Å². The first-order valence-electron chi connectivity index (χ1n) is 5.49. The second-order valence-electron chi connectivity index (χ2n) is 3.91. The molecule has 4 nitrogen and oxygen atoms in total. The van der Waals surface area contributed by atoms with Crippen LogP contribution < -0.4 is 5.32 Å². The molecule has 0 radical (unpaired) electrons. The Morgan fingerprint density at radius 3 is 2.94 bits per heavy atom. The van der Waals surface area contributed by atoms with Gasteiger partial charge in [0, 0.05) is 32.5 Å². The minimum atomic E-state index is 0.416. The van der Waals surface area contributed by atoms with Crippen molar-refractivity contribution in [2.45, 2.75) is 24.9 Å². The van der Waals surface area contributed by atoms with Crippen LogP contribution in [-0.4, -0.2) is 41.8 Å². The second kappa shape index (κ2) is 6.93. The lowest BCUT2D eigenvalue weighted by Gasteiger charge is -2.11. The summed E-state index contributed by atoms with van der Waals surface area (Å²) in [5, 5.41) is 8.94. The number of nitrogens with zero attached hydrogens (tertiary/aromatic N) is 2. The van der Waals surface area contributed by atoms with Gasteiger partial charge in [0.15, 0.2) is 0 Å². The Hall–Kier alpha value is -0.520. The molecule has 0 aliphatic carbocycles. The Bertz CT molecular complexity index is 314. The topological polar surface area (TPSA) is 39.1 Å². The molecule has 1 rings (SSSR count). The third-order valence-corrected chi connectivity index (χ3v) is 3.31. The zero-order valence-electron chi connectivity index (χ0n) is 10.5. The van der Waals surface area contributed by atoms with Gasteiger partial charge in [-0.05, 0) is 19.9 Å². The molecule has 92 valence electrons. The quantitative estimate of drug-likeness (QED) is 0.581. The molecule has 1 atom stereocenters. The zero-order chi connectivity index (χ0) is 12.0. The minimum Gasteiger partial charge on any atom is -0.383 e. The predicted octanol–water partition coefficient (Wildman–Crippen LogP) is 1.45. The van der Waals surface area contributed by atoms with E-state index in [2.05, 4.69) is 23.4 Å². The number of methoxy groups -OCH3 is 1. The summed E-state index contributed by atoms with van der Waals surface area (Å²) in [6.45, 7) is 5.89. The second-order valence-corrected chi connectivity index (χ2v) is 5.02. The van der Waals surface area contributed by atoms with Gasteiger partial charge in [0.1, 0.15) is 0 Å². The molecule has 1 N–H and O–H groups in total. The van der Waals surface area contributed by atoms with Crippen molar-refractivity contribution >= 4 is 11.8 Å². The monoisotopic (exact) mass is 243 g/mol. The van der Waals surface area contributed by atoms with Crippen LogP contribution in [0, 0.1) is 6.92 Å². The highest BCUT2D eigenvalue weighted by Gasteiger charge is 2.03. The van der Waals surface area contributed by atoms with Crippen molar-refractivity contribution in [2.24, 2.45) is 7.05 Å². The number of rotatable bonds is 7. The first kappa shape index (κ1) is 13.5. The standard InChI is InChI=1S/C11H21N3OS/c1-9-7-11(14(3)13-9)16-6-5-12-10(2)8-15-4/h7,10,12H,5-6,8H2,1-4H3. The van der Waals surface area contributed by atoms with Crippen LogP contribution in [0.25, 0.3) is 0 Å². The van der Waals surface area contributed by atoms with E-state index >= 15 is 0 Å². The van der Waals surface area contributed by atoms with E-state index in [0.717, 1.165) is 24.6 Å². The Labute approximate surface area is 102 Å². The van der Waals surface area contributed by atoms with Gasteiger partial charge < -0.3 is 10.1 Å². The molecule has 1 aromatic rings. The van der Waals surface area contributed by atoms with Crippen molar-refractivity contribution in [3.63, 3.8) is 0 Å². The summed E-state index contributed by atoms with van der Waals surface area (Å²) in [7, 11) is 3.71. The number of hydrogen-bond donors (Lipinski definition) is 1. The van der Waals surface area contributed by atoms with Crippen molar-refractivity contribution in [2.75, 3.05) is 26.0 Å². The number of aromatic nitrogens is 2. The largest absolute Gasteiger partial charge is 0.383 e. The van der Waals surface area contributed by atoms with E-state index in [9.17, 15) is 0 Å². The third-order valence-electron chi connectivity index (χ3n) is 2.22. The number of ether oxygens (including phenoxy) is 1. The van der Waals surface area contributed by atoms with Crippen molar-refractivity contribution in [1.82, 2.24) is 15.1 Å². The summed E-state index contributed by atoms with van der Waals surface area (Å²) in [5.41, 5.74) is 1.07. The van der Waals surface area contributed by atoms with Crippen molar-refractivity contribution in [3.8, 4) is 0 Å². The summed E-state index contributed by atoms with van der Waals surface area (Å²) in [5.74, 6) is 1.05. The van der Waals surface area contributed by atoms with E-state index in [4.69, 9.17) is 4.74 Å². The molecule has 0 spiro atoms. The lowest BCUT2D eigenvalue weighted by molar-refractivity contribution is 0.173.